The van der Waals surface area contributed by atoms with Crippen LogP contribution in [0.1, 0.15) is 19.8 Å². The third kappa shape index (κ3) is 13.9. The zero-order valence-electron chi connectivity index (χ0n) is 8.31. The Labute approximate surface area is 83.1 Å². The summed E-state index contributed by atoms with van der Waals surface area (Å²) in [6.45, 7) is 1.86. The lowest BCUT2D eigenvalue weighted by molar-refractivity contribution is -0.137. The molecule has 6 heteroatoms. The number of aliphatic carboxylic acids is 1. The highest BCUT2D eigenvalue weighted by Crippen LogP contribution is 1.87. The van der Waals surface area contributed by atoms with Crippen LogP contribution in [0.15, 0.2) is 0 Å². The lowest BCUT2D eigenvalue weighted by Gasteiger charge is -2.06. The number of hydrogen-bond donors (Lipinski definition) is 5. The number of aliphatic hydroxyl groups is 2. The Hall–Kier alpha value is -0.690. The van der Waals surface area contributed by atoms with Gasteiger partial charge in [0, 0.05) is 32.1 Å². The number of hydrogen-bond acceptors (Lipinski definition) is 5. The van der Waals surface area contributed by atoms with Gasteiger partial charge in [-0.05, 0) is 6.42 Å². The zero-order valence-corrected chi connectivity index (χ0v) is 8.31. The van der Waals surface area contributed by atoms with Gasteiger partial charge >= 0.3 is 5.97 Å². The first-order chi connectivity index (χ1) is 6.62. The van der Waals surface area contributed by atoms with Crippen molar-refractivity contribution in [1.82, 2.24) is 5.48 Å². The molecule has 0 amide bonds. The summed E-state index contributed by atoms with van der Waals surface area (Å²) in [7, 11) is 0. The molecule has 14 heavy (non-hydrogen) atoms. The van der Waals surface area contributed by atoms with Gasteiger partial charge in [0.1, 0.15) is 0 Å². The zero-order chi connectivity index (χ0) is 11.4. The molecule has 0 saturated carbocycles. The van der Waals surface area contributed by atoms with Crippen LogP contribution in [-0.4, -0.2) is 46.3 Å². The summed E-state index contributed by atoms with van der Waals surface area (Å²) in [6, 6.07) is 0. The number of carboxylic acid groups (broad SMARTS) is 1. The van der Waals surface area contributed by atoms with Crippen LogP contribution in [0.4, 0.5) is 0 Å². The Bertz CT molecular complexity index is 127. The lowest BCUT2D eigenvalue weighted by atomic mass is 10.2. The van der Waals surface area contributed by atoms with Crippen LogP contribution in [0.2, 0.25) is 0 Å². The van der Waals surface area contributed by atoms with Gasteiger partial charge < -0.3 is 20.5 Å². The number of carbonyl (C=O) groups is 1. The fourth-order valence-corrected chi connectivity index (χ4v) is 0.530. The van der Waals surface area contributed by atoms with Gasteiger partial charge in [-0.15, -0.1) is 0 Å². The van der Waals surface area contributed by atoms with Gasteiger partial charge in [-0.25, -0.2) is 5.48 Å². The Balaban J connectivity index is 0. The standard InChI is InChI=1S/C4H11NO3.C4H8O2/c6-2-4(3-7)1-5-8;1-2-3-4(5)6/h4-8H,1-3H2;2-3H2,1H3,(H,5,6). The van der Waals surface area contributed by atoms with E-state index in [1.807, 2.05) is 12.4 Å². The predicted octanol–water partition coefficient (Wildman–Crippen LogP) is -0.563. The predicted molar refractivity (Wildman–Crippen MR) is 50.0 cm³/mol. The molecule has 0 aromatic carbocycles. The van der Waals surface area contributed by atoms with E-state index >= 15 is 0 Å². The van der Waals surface area contributed by atoms with Crippen LogP contribution < -0.4 is 5.48 Å². The SMILES string of the molecule is CCCC(=O)O.OCC(CO)CNO. The van der Waals surface area contributed by atoms with Crippen LogP contribution in [0.5, 0.6) is 0 Å². The van der Waals surface area contributed by atoms with Gasteiger partial charge in [-0.2, -0.15) is 0 Å². The molecule has 0 atom stereocenters. The third-order valence-electron chi connectivity index (χ3n) is 1.36. The first kappa shape index (κ1) is 15.8. The average Bonchev–Trinajstić information content (AvgIpc) is 2.15. The molecule has 0 rings (SSSR count). The monoisotopic (exact) mass is 209 g/mol. The fourth-order valence-electron chi connectivity index (χ4n) is 0.530. The largest absolute Gasteiger partial charge is 0.481 e. The number of rotatable bonds is 6. The van der Waals surface area contributed by atoms with Gasteiger partial charge in [0.15, 0.2) is 0 Å². The van der Waals surface area contributed by atoms with Crippen molar-refractivity contribution in [2.75, 3.05) is 19.8 Å². The Morgan fingerprint density at radius 1 is 1.36 bits per heavy atom. The second-order valence-electron chi connectivity index (χ2n) is 2.74. The normalized spacial score (nSPS) is 9.50. The number of hydroxylamine groups is 1. The van der Waals surface area contributed by atoms with Crippen LogP contribution in [-0.2, 0) is 4.79 Å². The van der Waals surface area contributed by atoms with Gasteiger partial charge in [0.25, 0.3) is 0 Å². The minimum Gasteiger partial charge on any atom is -0.481 e. The van der Waals surface area contributed by atoms with Crippen LogP contribution in [0.25, 0.3) is 0 Å². The van der Waals surface area contributed by atoms with E-state index < -0.39 is 5.97 Å². The molecule has 0 radical (unpaired) electrons. The molecule has 0 aliphatic rings. The number of carboxylic acids is 1. The van der Waals surface area contributed by atoms with Crippen LogP contribution in [0, 0.1) is 5.92 Å². The van der Waals surface area contributed by atoms with E-state index in [-0.39, 0.29) is 25.7 Å². The lowest BCUT2D eigenvalue weighted by Crippen LogP contribution is -2.24. The molecule has 6 nitrogen and oxygen atoms in total. The molecule has 0 fully saturated rings. The maximum Gasteiger partial charge on any atom is 0.303 e. The van der Waals surface area contributed by atoms with Gasteiger partial charge in [0.05, 0.1) is 0 Å². The molecule has 0 aromatic heterocycles. The van der Waals surface area contributed by atoms with E-state index in [0.29, 0.717) is 6.42 Å². The summed E-state index contributed by atoms with van der Waals surface area (Å²) in [6.07, 6.45) is 1.02. The summed E-state index contributed by atoms with van der Waals surface area (Å²) in [5, 5.41) is 32.6. The highest BCUT2D eigenvalue weighted by Gasteiger charge is 2.02. The maximum absolute atomic E-state index is 9.60. The number of nitrogens with one attached hydrogen (secondary N) is 1. The van der Waals surface area contributed by atoms with E-state index in [4.69, 9.17) is 20.5 Å². The van der Waals surface area contributed by atoms with Crippen molar-refractivity contribution in [3.8, 4) is 0 Å². The van der Waals surface area contributed by atoms with Crippen molar-refractivity contribution in [3.63, 3.8) is 0 Å². The van der Waals surface area contributed by atoms with Gasteiger partial charge in [-0.1, -0.05) is 6.92 Å². The molecule has 0 heterocycles. The highest BCUT2D eigenvalue weighted by atomic mass is 16.5. The maximum atomic E-state index is 9.60. The second-order valence-corrected chi connectivity index (χ2v) is 2.74. The quantitative estimate of drug-likeness (QED) is 0.375. The van der Waals surface area contributed by atoms with Crippen molar-refractivity contribution >= 4 is 5.97 Å². The Kier molecular flexibility index (Phi) is 13.9. The molecule has 5 N–H and O–H groups in total. The van der Waals surface area contributed by atoms with Crippen molar-refractivity contribution < 1.29 is 25.3 Å². The summed E-state index contributed by atoms with van der Waals surface area (Å²) >= 11 is 0. The van der Waals surface area contributed by atoms with E-state index in [1.165, 1.54) is 0 Å². The highest BCUT2D eigenvalue weighted by molar-refractivity contribution is 5.66. The van der Waals surface area contributed by atoms with E-state index in [0.717, 1.165) is 6.42 Å². The molecular weight excluding hydrogens is 190 g/mol. The molecule has 0 spiro atoms. The Morgan fingerprint density at radius 2 is 1.86 bits per heavy atom. The van der Waals surface area contributed by atoms with E-state index in [1.54, 1.807) is 0 Å². The Morgan fingerprint density at radius 3 is 1.93 bits per heavy atom. The van der Waals surface area contributed by atoms with Crippen molar-refractivity contribution in [2.24, 2.45) is 5.92 Å². The molecule has 0 aliphatic carbocycles. The molecule has 0 aromatic rings. The van der Waals surface area contributed by atoms with Crippen LogP contribution >= 0.6 is 0 Å². The molecular formula is C8H19NO5. The first-order valence-corrected chi connectivity index (χ1v) is 4.42. The smallest absolute Gasteiger partial charge is 0.303 e. The minimum absolute atomic E-state index is 0.107. The minimum atomic E-state index is -0.711. The average molecular weight is 209 g/mol. The summed E-state index contributed by atoms with van der Waals surface area (Å²) < 4.78 is 0. The molecule has 0 bridgehead atoms. The third-order valence-corrected chi connectivity index (χ3v) is 1.36. The van der Waals surface area contributed by atoms with Crippen molar-refractivity contribution in [2.45, 2.75) is 19.8 Å². The van der Waals surface area contributed by atoms with Gasteiger partial charge in [0.2, 0.25) is 0 Å². The summed E-state index contributed by atoms with van der Waals surface area (Å²) in [5.74, 6) is -0.961. The number of aliphatic hydroxyl groups excluding tert-OH is 2. The van der Waals surface area contributed by atoms with Crippen molar-refractivity contribution in [1.29, 1.82) is 0 Å². The van der Waals surface area contributed by atoms with Crippen molar-refractivity contribution in [3.05, 3.63) is 0 Å². The molecule has 86 valence electrons. The van der Waals surface area contributed by atoms with E-state index in [9.17, 15) is 4.79 Å². The van der Waals surface area contributed by atoms with E-state index in [2.05, 4.69) is 0 Å². The second kappa shape index (κ2) is 12.3. The van der Waals surface area contributed by atoms with Crippen LogP contribution in [0.3, 0.4) is 0 Å². The summed E-state index contributed by atoms with van der Waals surface area (Å²) in [5.41, 5.74) is 1.85. The molecule has 0 unspecified atom stereocenters. The first-order valence-electron chi connectivity index (χ1n) is 4.42. The topological polar surface area (TPSA) is 110 Å². The van der Waals surface area contributed by atoms with Gasteiger partial charge in [-0.3, -0.25) is 4.79 Å². The molecule has 0 saturated heterocycles. The molecule has 0 aliphatic heterocycles. The summed E-state index contributed by atoms with van der Waals surface area (Å²) in [4.78, 5) is 9.60. The fraction of sp³-hybridized carbons (Fsp3) is 0.875.